The predicted octanol–water partition coefficient (Wildman–Crippen LogP) is 4.32. The third-order valence-corrected chi connectivity index (χ3v) is 2.98. The molecule has 1 aromatic rings. The van der Waals surface area contributed by atoms with E-state index in [1.807, 2.05) is 50.3 Å². The maximum absolute atomic E-state index is 8.93. The molecule has 0 aromatic heterocycles. The summed E-state index contributed by atoms with van der Waals surface area (Å²) < 4.78 is 5.65. The number of rotatable bonds is 6. The highest BCUT2D eigenvalue weighted by molar-refractivity contribution is 5.87. The van der Waals surface area contributed by atoms with Crippen molar-refractivity contribution in [1.82, 2.24) is 0 Å². The molecular weight excluding hydrogens is 260 g/mol. The van der Waals surface area contributed by atoms with Crippen molar-refractivity contribution in [2.24, 2.45) is 4.99 Å². The first-order chi connectivity index (χ1) is 10.2. The first kappa shape index (κ1) is 16.7. The fourth-order valence-electron chi connectivity index (χ4n) is 1.87. The largest absolute Gasteiger partial charge is 0.478 e. The number of nitriles is 1. The van der Waals surface area contributed by atoms with Crippen LogP contribution in [0.3, 0.4) is 0 Å². The number of hydrogen-bond acceptors (Lipinski definition) is 3. The Morgan fingerprint density at radius 1 is 1.33 bits per heavy atom. The van der Waals surface area contributed by atoms with E-state index in [-0.39, 0.29) is 0 Å². The third-order valence-electron chi connectivity index (χ3n) is 2.98. The van der Waals surface area contributed by atoms with Crippen molar-refractivity contribution in [3.8, 4) is 6.07 Å². The van der Waals surface area contributed by atoms with Crippen LogP contribution in [0.15, 0.2) is 47.6 Å². The van der Waals surface area contributed by atoms with Crippen molar-refractivity contribution in [2.75, 3.05) is 6.61 Å². The van der Waals surface area contributed by atoms with Crippen LogP contribution in [0.1, 0.15) is 37.0 Å². The smallest absolute Gasteiger partial charge is 0.212 e. The first-order valence-electron chi connectivity index (χ1n) is 7.15. The van der Waals surface area contributed by atoms with Crippen molar-refractivity contribution in [3.63, 3.8) is 0 Å². The Bertz CT molecular complexity index is 577. The Balaban J connectivity index is 2.52. The number of allylic oxidation sites excluding steroid dienone is 2. The third kappa shape index (κ3) is 6.09. The molecule has 110 valence electrons. The summed E-state index contributed by atoms with van der Waals surface area (Å²) in [7, 11) is 0. The van der Waals surface area contributed by atoms with Crippen LogP contribution < -0.4 is 0 Å². The van der Waals surface area contributed by atoms with Gasteiger partial charge in [0.25, 0.3) is 0 Å². The number of nitrogens with zero attached hydrogens (tertiary/aromatic N) is 2. The number of hydrogen-bond donors (Lipinski definition) is 0. The molecule has 0 aliphatic heterocycles. The number of aryl methyl sites for hydroxylation is 2. The molecule has 1 aromatic carbocycles. The van der Waals surface area contributed by atoms with Crippen LogP contribution in [0.4, 0.5) is 0 Å². The molecule has 0 aliphatic carbocycles. The Labute approximate surface area is 127 Å². The second-order valence-corrected chi connectivity index (χ2v) is 4.65. The molecule has 21 heavy (non-hydrogen) atoms. The van der Waals surface area contributed by atoms with Gasteiger partial charge in [0.15, 0.2) is 0 Å². The summed E-state index contributed by atoms with van der Waals surface area (Å²) in [6.45, 7) is 6.53. The molecule has 3 heteroatoms. The van der Waals surface area contributed by atoms with Crippen molar-refractivity contribution in [3.05, 3.63) is 59.3 Å². The van der Waals surface area contributed by atoms with Gasteiger partial charge in [-0.2, -0.15) is 5.26 Å². The van der Waals surface area contributed by atoms with Crippen LogP contribution in [-0.4, -0.2) is 12.5 Å². The summed E-state index contributed by atoms with van der Waals surface area (Å²) in [5.74, 6) is 0.623. The van der Waals surface area contributed by atoms with Gasteiger partial charge in [0.1, 0.15) is 0 Å². The first-order valence-corrected chi connectivity index (χ1v) is 7.15. The summed E-state index contributed by atoms with van der Waals surface area (Å²) >= 11 is 0. The molecule has 0 N–H and O–H groups in total. The fraction of sp³-hybridized carbons (Fsp3) is 0.333. The molecule has 0 amide bonds. The van der Waals surface area contributed by atoms with E-state index in [1.165, 1.54) is 11.1 Å². The molecule has 0 saturated carbocycles. The molecule has 0 radical (unpaired) electrons. The van der Waals surface area contributed by atoms with Gasteiger partial charge in [-0.15, -0.1) is 0 Å². The predicted molar refractivity (Wildman–Crippen MR) is 87.2 cm³/mol. The number of benzene rings is 1. The van der Waals surface area contributed by atoms with Gasteiger partial charge in [0.2, 0.25) is 5.90 Å². The molecule has 1 rings (SSSR count). The van der Waals surface area contributed by atoms with Crippen LogP contribution >= 0.6 is 0 Å². The average Bonchev–Trinajstić information content (AvgIpc) is 2.50. The van der Waals surface area contributed by atoms with Gasteiger partial charge in [-0.25, -0.2) is 4.99 Å². The van der Waals surface area contributed by atoms with Crippen molar-refractivity contribution in [1.29, 1.82) is 5.26 Å². The van der Waals surface area contributed by atoms with Gasteiger partial charge in [-0.3, -0.25) is 0 Å². The number of aliphatic imine (C=N–C) groups is 1. The molecule has 0 atom stereocenters. The zero-order chi connectivity index (χ0) is 15.5. The highest BCUT2D eigenvalue weighted by Crippen LogP contribution is 2.13. The molecular formula is C18H22N2O. The van der Waals surface area contributed by atoms with Crippen molar-refractivity contribution >= 4 is 5.90 Å². The van der Waals surface area contributed by atoms with E-state index < -0.39 is 0 Å². The van der Waals surface area contributed by atoms with Gasteiger partial charge >= 0.3 is 0 Å². The van der Waals surface area contributed by atoms with E-state index in [1.54, 1.807) is 6.20 Å². The molecule has 0 heterocycles. The fourth-order valence-corrected chi connectivity index (χ4v) is 1.87. The molecule has 0 aliphatic rings. The molecule has 3 nitrogen and oxygen atoms in total. The Kier molecular flexibility index (Phi) is 7.60. The molecule has 0 unspecified atom stereocenters. The van der Waals surface area contributed by atoms with E-state index in [4.69, 9.17) is 10.00 Å². The minimum atomic E-state index is 0.608. The minimum Gasteiger partial charge on any atom is -0.478 e. The zero-order valence-corrected chi connectivity index (χ0v) is 13.0. The highest BCUT2D eigenvalue weighted by atomic mass is 16.5. The summed E-state index contributed by atoms with van der Waals surface area (Å²) in [5.41, 5.74) is 3.13. The van der Waals surface area contributed by atoms with E-state index in [0.717, 1.165) is 12.8 Å². The van der Waals surface area contributed by atoms with E-state index in [0.29, 0.717) is 18.1 Å². The standard InChI is InChI=1S/C18H22N2O/c1-4-7-18(20-11-5-2)21-12-6-8-17-13-16(14-19)10-9-15(17)3/h4-5,7,9-11,13H,6,8,12H2,1-3H3/b7-4-,11-5-,20-18+. The minimum absolute atomic E-state index is 0.608. The quantitative estimate of drug-likeness (QED) is 0.443. The lowest BCUT2D eigenvalue weighted by Gasteiger charge is -2.08. The summed E-state index contributed by atoms with van der Waals surface area (Å²) in [6.07, 6.45) is 9.13. The normalized spacial score (nSPS) is 12.0. The van der Waals surface area contributed by atoms with Gasteiger partial charge in [0, 0.05) is 6.20 Å². The van der Waals surface area contributed by atoms with Crippen molar-refractivity contribution in [2.45, 2.75) is 33.6 Å². The van der Waals surface area contributed by atoms with Crippen LogP contribution in [0.25, 0.3) is 0 Å². The molecule has 0 saturated heterocycles. The molecule has 0 fully saturated rings. The van der Waals surface area contributed by atoms with Gasteiger partial charge < -0.3 is 4.74 Å². The lowest BCUT2D eigenvalue weighted by atomic mass is 10.0. The van der Waals surface area contributed by atoms with E-state index in [2.05, 4.69) is 18.0 Å². The van der Waals surface area contributed by atoms with Gasteiger partial charge in [-0.05, 0) is 62.9 Å². The maximum atomic E-state index is 8.93. The lowest BCUT2D eigenvalue weighted by Crippen LogP contribution is -2.04. The summed E-state index contributed by atoms with van der Waals surface area (Å²) in [5, 5.41) is 8.93. The zero-order valence-electron chi connectivity index (χ0n) is 13.0. The van der Waals surface area contributed by atoms with E-state index in [9.17, 15) is 0 Å². The van der Waals surface area contributed by atoms with Crippen LogP contribution in [-0.2, 0) is 11.2 Å². The number of ether oxygens (including phenoxy) is 1. The second kappa shape index (κ2) is 9.55. The topological polar surface area (TPSA) is 45.4 Å². The summed E-state index contributed by atoms with van der Waals surface area (Å²) in [6, 6.07) is 7.97. The highest BCUT2D eigenvalue weighted by Gasteiger charge is 2.01. The second-order valence-electron chi connectivity index (χ2n) is 4.65. The Morgan fingerprint density at radius 2 is 2.14 bits per heavy atom. The Hall–Kier alpha value is -2.34. The monoisotopic (exact) mass is 282 g/mol. The Morgan fingerprint density at radius 3 is 2.81 bits per heavy atom. The van der Waals surface area contributed by atoms with E-state index >= 15 is 0 Å². The summed E-state index contributed by atoms with van der Waals surface area (Å²) in [4.78, 5) is 4.21. The maximum Gasteiger partial charge on any atom is 0.212 e. The van der Waals surface area contributed by atoms with Crippen LogP contribution in [0, 0.1) is 18.3 Å². The van der Waals surface area contributed by atoms with Gasteiger partial charge in [0.05, 0.1) is 18.2 Å². The average molecular weight is 282 g/mol. The van der Waals surface area contributed by atoms with Crippen molar-refractivity contribution < 1.29 is 4.74 Å². The lowest BCUT2D eigenvalue weighted by molar-refractivity contribution is 0.301. The van der Waals surface area contributed by atoms with Gasteiger partial charge in [-0.1, -0.05) is 18.2 Å². The SMILES string of the molecule is C\C=C/N=C(\C=C/C)OCCCc1cc(C#N)ccc1C. The molecule has 0 spiro atoms. The van der Waals surface area contributed by atoms with Crippen LogP contribution in [0.5, 0.6) is 0 Å². The molecule has 0 bridgehead atoms. The van der Waals surface area contributed by atoms with Crippen LogP contribution in [0.2, 0.25) is 0 Å².